The standard InChI is InChI=1S/C17H22N2O5/c20-16-13-10-18(9-12(13)6-7-14(16)19(23)24)15(17(21)22)8-11-4-2-1-3-5-11/h6-7,9,11,13-15H,1-5,8,10H2,(H,21,22)/t13?,14-,15?/m0/s1. The Morgan fingerprint density at radius 1 is 1.38 bits per heavy atom. The van der Waals surface area contributed by atoms with Gasteiger partial charge >= 0.3 is 5.97 Å². The van der Waals surface area contributed by atoms with E-state index in [9.17, 15) is 24.8 Å². The lowest BCUT2D eigenvalue weighted by Crippen LogP contribution is -2.42. The molecule has 7 nitrogen and oxygen atoms in total. The number of ketones is 1. The molecule has 0 aromatic rings. The average molecular weight is 334 g/mol. The summed E-state index contributed by atoms with van der Waals surface area (Å²) in [5.74, 6) is -1.52. The number of nitro groups is 1. The number of aliphatic carboxylic acids is 1. The molecule has 0 saturated heterocycles. The highest BCUT2D eigenvalue weighted by atomic mass is 16.6. The molecule has 1 heterocycles. The summed E-state index contributed by atoms with van der Waals surface area (Å²) in [6.07, 6.45) is 10.8. The molecule has 0 radical (unpaired) electrons. The number of fused-ring (bicyclic) bond motifs is 1. The van der Waals surface area contributed by atoms with Crippen molar-refractivity contribution in [2.45, 2.75) is 50.6 Å². The van der Waals surface area contributed by atoms with Crippen LogP contribution < -0.4 is 0 Å². The Balaban J connectivity index is 1.72. The SMILES string of the molecule is O=C(O)C(CC1CCCCC1)N1C=C2C=C[C@H]([N+](=O)[O-])C(=O)C2C1. The molecule has 3 atom stereocenters. The van der Waals surface area contributed by atoms with E-state index in [-0.39, 0.29) is 6.54 Å². The monoisotopic (exact) mass is 334 g/mol. The number of rotatable bonds is 5. The topological polar surface area (TPSA) is 101 Å². The molecule has 0 aromatic heterocycles. The van der Waals surface area contributed by atoms with Gasteiger partial charge in [0.05, 0.1) is 5.92 Å². The van der Waals surface area contributed by atoms with Crippen molar-refractivity contribution in [3.8, 4) is 0 Å². The maximum atomic E-state index is 12.3. The molecule has 1 fully saturated rings. The number of carbonyl (C=O) groups excluding carboxylic acids is 1. The van der Waals surface area contributed by atoms with Crippen molar-refractivity contribution < 1.29 is 19.6 Å². The molecule has 3 aliphatic rings. The maximum Gasteiger partial charge on any atom is 0.326 e. The van der Waals surface area contributed by atoms with Crippen LogP contribution in [-0.4, -0.2) is 45.3 Å². The minimum absolute atomic E-state index is 0.229. The first-order valence-corrected chi connectivity index (χ1v) is 8.53. The summed E-state index contributed by atoms with van der Waals surface area (Å²) in [7, 11) is 0. The van der Waals surface area contributed by atoms with Crippen LogP contribution in [0.2, 0.25) is 0 Å². The third-order valence-corrected chi connectivity index (χ3v) is 5.41. The van der Waals surface area contributed by atoms with Crippen LogP contribution in [0.25, 0.3) is 0 Å². The van der Waals surface area contributed by atoms with Crippen molar-refractivity contribution in [2.75, 3.05) is 6.54 Å². The molecule has 24 heavy (non-hydrogen) atoms. The highest BCUT2D eigenvalue weighted by Gasteiger charge is 2.43. The molecule has 130 valence electrons. The van der Waals surface area contributed by atoms with Gasteiger partial charge in [0.15, 0.2) is 0 Å². The highest BCUT2D eigenvalue weighted by Crippen LogP contribution is 2.34. The highest BCUT2D eigenvalue weighted by molar-refractivity contribution is 5.92. The van der Waals surface area contributed by atoms with Crippen LogP contribution in [0.5, 0.6) is 0 Å². The number of hydrogen-bond acceptors (Lipinski definition) is 5. The summed E-state index contributed by atoms with van der Waals surface area (Å²) >= 11 is 0. The van der Waals surface area contributed by atoms with E-state index >= 15 is 0 Å². The van der Waals surface area contributed by atoms with Gasteiger partial charge in [0.2, 0.25) is 5.78 Å². The quantitative estimate of drug-likeness (QED) is 0.610. The second kappa shape index (κ2) is 6.75. The van der Waals surface area contributed by atoms with Crippen molar-refractivity contribution in [2.24, 2.45) is 11.8 Å². The lowest BCUT2D eigenvalue weighted by molar-refractivity contribution is -0.495. The summed E-state index contributed by atoms with van der Waals surface area (Å²) in [5, 5.41) is 20.6. The van der Waals surface area contributed by atoms with E-state index in [0.717, 1.165) is 25.7 Å². The number of carboxylic acids is 1. The zero-order chi connectivity index (χ0) is 17.3. The van der Waals surface area contributed by atoms with E-state index in [1.807, 2.05) is 0 Å². The number of nitrogens with zero attached hydrogens (tertiary/aromatic N) is 2. The fourth-order valence-electron chi connectivity index (χ4n) is 4.08. The number of hydrogen-bond donors (Lipinski definition) is 1. The second-order valence-electron chi connectivity index (χ2n) is 6.96. The van der Waals surface area contributed by atoms with Gasteiger partial charge in [-0.1, -0.05) is 38.2 Å². The van der Waals surface area contributed by atoms with Gasteiger partial charge in [-0.15, -0.1) is 0 Å². The van der Waals surface area contributed by atoms with Gasteiger partial charge in [-0.25, -0.2) is 4.79 Å². The molecule has 1 N–H and O–H groups in total. The lowest BCUT2D eigenvalue weighted by Gasteiger charge is -2.30. The molecule has 7 heteroatoms. The summed E-state index contributed by atoms with van der Waals surface area (Å²) in [6, 6.07) is -1.98. The Labute approximate surface area is 140 Å². The first-order valence-electron chi connectivity index (χ1n) is 8.53. The van der Waals surface area contributed by atoms with Gasteiger partial charge in [-0.3, -0.25) is 14.9 Å². The molecule has 0 amide bonds. The largest absolute Gasteiger partial charge is 0.480 e. The fourth-order valence-corrected chi connectivity index (χ4v) is 4.08. The first kappa shape index (κ1) is 16.7. The molecule has 0 spiro atoms. The number of allylic oxidation sites excluding steroid dienone is 1. The first-order chi connectivity index (χ1) is 11.5. The summed E-state index contributed by atoms with van der Waals surface area (Å²) in [6.45, 7) is 0.229. The molecular formula is C17H22N2O5. The van der Waals surface area contributed by atoms with Crippen LogP contribution in [0, 0.1) is 22.0 Å². The predicted octanol–water partition coefficient (Wildman–Crippen LogP) is 2.01. The maximum absolute atomic E-state index is 12.3. The van der Waals surface area contributed by atoms with Gasteiger partial charge in [0.25, 0.3) is 6.04 Å². The van der Waals surface area contributed by atoms with Crippen LogP contribution >= 0.6 is 0 Å². The average Bonchev–Trinajstić information content (AvgIpc) is 2.98. The zero-order valence-corrected chi connectivity index (χ0v) is 13.5. The van der Waals surface area contributed by atoms with Crippen LogP contribution in [0.1, 0.15) is 38.5 Å². The molecule has 1 aliphatic heterocycles. The van der Waals surface area contributed by atoms with E-state index in [2.05, 4.69) is 0 Å². The summed E-state index contributed by atoms with van der Waals surface area (Å²) < 4.78 is 0. The Hall–Kier alpha value is -2.18. The minimum atomic E-state index is -1.31. The Kier molecular flexibility index (Phi) is 4.69. The Morgan fingerprint density at radius 3 is 2.71 bits per heavy atom. The van der Waals surface area contributed by atoms with Crippen LogP contribution in [0.4, 0.5) is 0 Å². The molecule has 3 rings (SSSR count). The molecule has 2 aliphatic carbocycles. The zero-order valence-electron chi connectivity index (χ0n) is 13.5. The van der Waals surface area contributed by atoms with Gasteiger partial charge < -0.3 is 10.0 Å². The number of carboxylic acid groups (broad SMARTS) is 1. The van der Waals surface area contributed by atoms with E-state index in [0.29, 0.717) is 17.9 Å². The van der Waals surface area contributed by atoms with Crippen molar-refractivity contribution in [1.82, 2.24) is 4.90 Å². The third kappa shape index (κ3) is 3.20. The van der Waals surface area contributed by atoms with Crippen molar-refractivity contribution in [1.29, 1.82) is 0 Å². The van der Waals surface area contributed by atoms with E-state index in [4.69, 9.17) is 0 Å². The predicted molar refractivity (Wildman–Crippen MR) is 85.8 cm³/mol. The van der Waals surface area contributed by atoms with Crippen LogP contribution in [0.15, 0.2) is 23.9 Å². The smallest absolute Gasteiger partial charge is 0.326 e. The molecule has 0 bridgehead atoms. The van der Waals surface area contributed by atoms with Gasteiger partial charge in [-0.05, 0) is 24.0 Å². The fraction of sp³-hybridized carbons (Fsp3) is 0.647. The molecular weight excluding hydrogens is 312 g/mol. The number of carbonyl (C=O) groups is 2. The van der Waals surface area contributed by atoms with E-state index in [1.165, 1.54) is 12.5 Å². The molecule has 0 aromatic carbocycles. The molecule has 1 saturated carbocycles. The summed E-state index contributed by atoms with van der Waals surface area (Å²) in [4.78, 5) is 36.1. The summed E-state index contributed by atoms with van der Waals surface area (Å²) in [5.41, 5.74) is 0.688. The van der Waals surface area contributed by atoms with Gasteiger partial charge in [-0.2, -0.15) is 0 Å². The number of Topliss-reactive ketones (excluding diaryl/α,β-unsaturated/α-hetero) is 1. The van der Waals surface area contributed by atoms with Crippen molar-refractivity contribution in [3.05, 3.63) is 34.0 Å². The second-order valence-corrected chi connectivity index (χ2v) is 6.96. The molecule has 2 unspecified atom stereocenters. The van der Waals surface area contributed by atoms with Crippen LogP contribution in [-0.2, 0) is 9.59 Å². The van der Waals surface area contributed by atoms with Crippen molar-refractivity contribution in [3.63, 3.8) is 0 Å². The third-order valence-electron chi connectivity index (χ3n) is 5.41. The van der Waals surface area contributed by atoms with Gasteiger partial charge in [0.1, 0.15) is 6.04 Å². The Bertz CT molecular complexity index is 606. The Morgan fingerprint density at radius 2 is 2.08 bits per heavy atom. The minimum Gasteiger partial charge on any atom is -0.480 e. The lowest BCUT2D eigenvalue weighted by atomic mass is 9.84. The van der Waals surface area contributed by atoms with Gasteiger partial charge in [0, 0.05) is 17.7 Å². The van der Waals surface area contributed by atoms with Crippen molar-refractivity contribution >= 4 is 11.8 Å². The normalized spacial score (nSPS) is 28.4. The van der Waals surface area contributed by atoms with E-state index < -0.39 is 34.7 Å². The van der Waals surface area contributed by atoms with E-state index in [1.54, 1.807) is 17.2 Å². The van der Waals surface area contributed by atoms with Crippen LogP contribution in [0.3, 0.4) is 0 Å².